The fraction of sp³-hybridized carbons (Fsp3) is 0. The maximum atomic E-state index is 2.67. The van der Waals surface area contributed by atoms with Crippen LogP contribution in [0.5, 0.6) is 0 Å². The van der Waals surface area contributed by atoms with Crippen molar-refractivity contribution in [3.8, 4) is 83.8 Å². The molecular weight excluding hydrogens is 1310 g/mol. The smallest absolute Gasteiger partial charge is 0.252 e. The van der Waals surface area contributed by atoms with Crippen molar-refractivity contribution in [2.24, 2.45) is 0 Å². The van der Waals surface area contributed by atoms with Gasteiger partial charge in [0.1, 0.15) is 0 Å². The van der Waals surface area contributed by atoms with E-state index >= 15 is 0 Å². The van der Waals surface area contributed by atoms with Gasteiger partial charge < -0.3 is 23.5 Å². The van der Waals surface area contributed by atoms with E-state index in [0.717, 1.165) is 140 Å². The van der Waals surface area contributed by atoms with E-state index in [-0.39, 0.29) is 6.71 Å². The molecule has 2 aliphatic rings. The van der Waals surface area contributed by atoms with Crippen LogP contribution in [0.4, 0.5) is 34.1 Å². The second-order valence-corrected chi connectivity index (χ2v) is 28.6. The molecular formula is C102H66BN5. The van der Waals surface area contributed by atoms with Gasteiger partial charge in [-0.3, -0.25) is 0 Å². The minimum Gasteiger partial charge on any atom is -0.310 e. The zero-order chi connectivity index (χ0) is 70.9. The van der Waals surface area contributed by atoms with Crippen molar-refractivity contribution in [1.82, 2.24) is 13.7 Å². The summed E-state index contributed by atoms with van der Waals surface area (Å²) >= 11 is 0. The third kappa shape index (κ3) is 9.53. The number of para-hydroxylation sites is 6. The molecule has 22 rings (SSSR count). The summed E-state index contributed by atoms with van der Waals surface area (Å²) in [6.45, 7) is -0.275. The number of aromatic nitrogens is 3. The summed E-state index contributed by atoms with van der Waals surface area (Å²) in [7, 11) is 0. The van der Waals surface area contributed by atoms with Crippen LogP contribution in [0.25, 0.3) is 149 Å². The Kier molecular flexibility index (Phi) is 14.0. The van der Waals surface area contributed by atoms with E-state index in [9.17, 15) is 0 Å². The lowest BCUT2D eigenvalue weighted by Crippen LogP contribution is -2.61. The molecule has 2 aliphatic heterocycles. The van der Waals surface area contributed by atoms with Crippen molar-refractivity contribution < 1.29 is 0 Å². The van der Waals surface area contributed by atoms with E-state index in [0.29, 0.717) is 0 Å². The maximum Gasteiger partial charge on any atom is 0.252 e. The minimum atomic E-state index is -0.275. The molecule has 502 valence electrons. The van der Waals surface area contributed by atoms with Crippen LogP contribution < -0.4 is 26.2 Å². The largest absolute Gasteiger partial charge is 0.310 e. The minimum absolute atomic E-state index is 0.275. The topological polar surface area (TPSA) is 21.3 Å². The quantitative estimate of drug-likeness (QED) is 0.120. The summed E-state index contributed by atoms with van der Waals surface area (Å²) in [5.41, 5.74) is 34.0. The maximum absolute atomic E-state index is 2.67. The molecule has 0 saturated carbocycles. The predicted molar refractivity (Wildman–Crippen MR) is 456 cm³/mol. The second kappa shape index (κ2) is 24.7. The molecule has 3 aromatic heterocycles. The van der Waals surface area contributed by atoms with Crippen LogP contribution in [-0.4, -0.2) is 20.4 Å². The summed E-state index contributed by atoms with van der Waals surface area (Å²) in [5, 5.41) is 7.19. The molecule has 0 spiro atoms. The van der Waals surface area contributed by atoms with Gasteiger partial charge in [-0.2, -0.15) is 0 Å². The van der Waals surface area contributed by atoms with E-state index in [1.807, 2.05) is 0 Å². The molecule has 0 fully saturated rings. The number of hydrogen-bond acceptors (Lipinski definition) is 2. The first-order valence-electron chi connectivity index (χ1n) is 37.3. The highest BCUT2D eigenvalue weighted by atomic mass is 15.2. The van der Waals surface area contributed by atoms with Gasteiger partial charge in [0.25, 0.3) is 6.71 Å². The molecule has 108 heavy (non-hydrogen) atoms. The Bertz CT molecular complexity index is 6350. The van der Waals surface area contributed by atoms with E-state index in [4.69, 9.17) is 0 Å². The average molecular weight is 1370 g/mol. The first-order valence-corrected chi connectivity index (χ1v) is 37.3. The Morgan fingerprint density at radius 3 is 0.796 bits per heavy atom. The van der Waals surface area contributed by atoms with Crippen molar-refractivity contribution in [3.63, 3.8) is 0 Å². The van der Waals surface area contributed by atoms with Crippen molar-refractivity contribution >= 4 is 123 Å². The monoisotopic (exact) mass is 1370 g/mol. The van der Waals surface area contributed by atoms with Crippen LogP contribution in [-0.2, 0) is 0 Å². The van der Waals surface area contributed by atoms with Gasteiger partial charge in [0, 0.05) is 88.7 Å². The molecule has 6 heteroatoms. The molecule has 5 nitrogen and oxygen atoms in total. The molecule has 0 bridgehead atoms. The number of fused-ring (bicyclic) bond motifs is 13. The normalized spacial score (nSPS) is 12.4. The van der Waals surface area contributed by atoms with E-state index in [1.165, 1.54) is 60.0 Å². The van der Waals surface area contributed by atoms with Gasteiger partial charge in [0.15, 0.2) is 0 Å². The molecule has 0 amide bonds. The molecule has 5 heterocycles. The molecule has 20 aromatic rings. The van der Waals surface area contributed by atoms with Crippen molar-refractivity contribution in [2.75, 3.05) is 9.80 Å². The number of benzene rings is 17. The van der Waals surface area contributed by atoms with E-state index in [2.05, 4.69) is 424 Å². The Hall–Kier alpha value is -14.2. The van der Waals surface area contributed by atoms with Gasteiger partial charge in [-0.05, 0) is 146 Å². The zero-order valence-electron chi connectivity index (χ0n) is 58.9. The van der Waals surface area contributed by atoms with Crippen LogP contribution in [0.2, 0.25) is 0 Å². The molecule has 0 radical (unpaired) electrons. The highest BCUT2D eigenvalue weighted by molar-refractivity contribution is 7.00. The summed E-state index contributed by atoms with van der Waals surface area (Å²) < 4.78 is 7.52. The third-order valence-corrected chi connectivity index (χ3v) is 22.8. The summed E-state index contributed by atoms with van der Waals surface area (Å²) in [6, 6.07) is 150. The van der Waals surface area contributed by atoms with Gasteiger partial charge in [0.2, 0.25) is 0 Å². The second-order valence-electron chi connectivity index (χ2n) is 28.6. The van der Waals surface area contributed by atoms with Gasteiger partial charge in [-0.25, -0.2) is 0 Å². The lowest BCUT2D eigenvalue weighted by atomic mass is 9.33. The van der Waals surface area contributed by atoms with Gasteiger partial charge in [-0.1, -0.05) is 315 Å². The van der Waals surface area contributed by atoms with Gasteiger partial charge >= 0.3 is 0 Å². The van der Waals surface area contributed by atoms with Gasteiger partial charge in [-0.15, -0.1) is 0 Å². The first kappa shape index (κ1) is 61.3. The van der Waals surface area contributed by atoms with E-state index in [1.54, 1.807) is 0 Å². The summed E-state index contributed by atoms with van der Waals surface area (Å²) in [4.78, 5) is 5.35. The number of anilines is 6. The van der Waals surface area contributed by atoms with Crippen LogP contribution in [0.15, 0.2) is 400 Å². The summed E-state index contributed by atoms with van der Waals surface area (Å²) in [6.07, 6.45) is 0. The highest BCUT2D eigenvalue weighted by Gasteiger charge is 2.46. The highest BCUT2D eigenvalue weighted by Crippen LogP contribution is 2.55. The SMILES string of the molecule is c1ccc(-c2ccc3c(c2)B2c4cc(-c5ccccc5)ccc4N(c4c(-c5ccccc5)cccc4-c4ccccc4)c4cc(-n5c6ccc(-n7c8ccccc8c8ccccc87)cc6c6cc(-n7c8ccccc8c8ccccc87)ccc65)cc(c42)N3c2c(-c3ccccc3)cccc2-c2ccccc2)cc1. The predicted octanol–water partition coefficient (Wildman–Crippen LogP) is 25.1. The summed E-state index contributed by atoms with van der Waals surface area (Å²) in [5.74, 6) is 0. The molecule has 0 atom stereocenters. The molecule has 0 aliphatic carbocycles. The molecule has 17 aromatic carbocycles. The Labute approximate surface area is 626 Å². The molecule has 0 N–H and O–H groups in total. The fourth-order valence-corrected chi connectivity index (χ4v) is 18.2. The van der Waals surface area contributed by atoms with Crippen molar-refractivity contribution in [3.05, 3.63) is 400 Å². The van der Waals surface area contributed by atoms with Gasteiger partial charge in [0.05, 0.1) is 50.2 Å². The third-order valence-electron chi connectivity index (χ3n) is 22.8. The standard InChI is InChI=1S/C102H66BN5/c1-7-29-67(30-8-1)73-53-57-96-88(61-73)103-89-62-74(68-31-9-2-10-32-68)54-58-97(89)108(102-80(71-37-15-5-16-38-71)47-28-48-81(102)72-39-17-6-18-40-72)99-66-77(65-98(100(99)103)107(96)101-78(69-33-11-3-12-34-69)45-27-46-79(101)70-35-13-4-14-36-70)106-94-59-55-75(104-90-49-23-19-41-82(90)83-42-20-24-50-91(83)104)63-86(94)87-64-76(56-60-95(87)106)105-92-51-25-21-43-84(92)85-44-22-26-52-93(85)105/h1-66H. The van der Waals surface area contributed by atoms with Crippen LogP contribution in [0.3, 0.4) is 0 Å². The Balaban J connectivity index is 0.917. The molecule has 0 saturated heterocycles. The average Bonchev–Trinajstić information content (AvgIpc) is 0.823. The van der Waals surface area contributed by atoms with E-state index < -0.39 is 0 Å². The first-order chi connectivity index (χ1) is 53.6. The fourth-order valence-electron chi connectivity index (χ4n) is 18.2. The Morgan fingerprint density at radius 2 is 0.463 bits per heavy atom. The number of nitrogens with zero attached hydrogens (tertiary/aromatic N) is 5. The lowest BCUT2D eigenvalue weighted by Gasteiger charge is -2.46. The number of rotatable bonds is 11. The Morgan fingerprint density at radius 1 is 0.176 bits per heavy atom. The zero-order valence-corrected chi connectivity index (χ0v) is 58.9. The van der Waals surface area contributed by atoms with Crippen LogP contribution in [0, 0.1) is 0 Å². The molecule has 0 unspecified atom stereocenters. The van der Waals surface area contributed by atoms with Crippen molar-refractivity contribution in [1.29, 1.82) is 0 Å². The van der Waals surface area contributed by atoms with Crippen LogP contribution in [0.1, 0.15) is 0 Å². The lowest BCUT2D eigenvalue weighted by molar-refractivity contribution is 1.15. The van der Waals surface area contributed by atoms with Crippen molar-refractivity contribution in [2.45, 2.75) is 0 Å². The van der Waals surface area contributed by atoms with Crippen LogP contribution >= 0.6 is 0 Å². The number of hydrogen-bond donors (Lipinski definition) is 0.